The van der Waals surface area contributed by atoms with E-state index in [1.54, 1.807) is 31.4 Å². The molecule has 0 fully saturated rings. The minimum atomic E-state index is -0.416. The average Bonchev–Trinajstić information content (AvgIpc) is 3.04. The van der Waals surface area contributed by atoms with Gasteiger partial charge in [0.2, 0.25) is 10.9 Å². The lowest BCUT2D eigenvalue weighted by Crippen LogP contribution is -2.30. The summed E-state index contributed by atoms with van der Waals surface area (Å²) < 4.78 is 6.92. The van der Waals surface area contributed by atoms with Crippen LogP contribution in [0.25, 0.3) is 4.96 Å². The minimum Gasteiger partial charge on any atom is -0.497 e. The summed E-state index contributed by atoms with van der Waals surface area (Å²) in [7, 11) is 1.59. The van der Waals surface area contributed by atoms with E-state index in [1.807, 2.05) is 20.8 Å². The molecule has 3 aromatic rings. The first kappa shape index (κ1) is 19.3. The van der Waals surface area contributed by atoms with Gasteiger partial charge in [-0.25, -0.2) is 0 Å². The number of hydrogen-bond donors (Lipinski definition) is 1. The molecule has 0 bridgehead atoms. The van der Waals surface area contributed by atoms with E-state index >= 15 is 0 Å². The molecule has 1 aromatic carbocycles. The number of methoxy groups -OCH3 is 1. The van der Waals surface area contributed by atoms with E-state index in [0.717, 1.165) is 5.75 Å². The van der Waals surface area contributed by atoms with E-state index < -0.39 is 5.41 Å². The van der Waals surface area contributed by atoms with Gasteiger partial charge in [0.05, 0.1) is 12.9 Å². The van der Waals surface area contributed by atoms with E-state index in [-0.39, 0.29) is 17.2 Å². The van der Waals surface area contributed by atoms with Crippen LogP contribution in [0, 0.1) is 0 Å². The third kappa shape index (κ3) is 4.45. The number of carbonyl (C=O) groups is 1. The number of nitrogens with one attached hydrogen (secondary N) is 1. The number of aromatic nitrogens is 4. The first-order valence-electron chi connectivity index (χ1n) is 8.11. The van der Waals surface area contributed by atoms with Gasteiger partial charge in [0.1, 0.15) is 11.4 Å². The molecule has 1 N–H and O–H groups in total. The molecule has 0 aliphatic carbocycles. The quantitative estimate of drug-likeness (QED) is 0.651. The topological polar surface area (TPSA) is 98.5 Å². The second-order valence-corrected chi connectivity index (χ2v) is 8.91. The molecular formula is C17H19N5O3S2. The van der Waals surface area contributed by atoms with Gasteiger partial charge in [0, 0.05) is 11.1 Å². The maximum atomic E-state index is 12.5. The van der Waals surface area contributed by atoms with Crippen LogP contribution in [0.5, 0.6) is 5.75 Å². The summed E-state index contributed by atoms with van der Waals surface area (Å²) in [5, 5.41) is 15.2. The Bertz CT molecular complexity index is 1020. The SMILES string of the molecule is COc1ccc(NC(=O)CSc2nn3c(=O)c(C(C)(C)C)nnc3s2)cc1. The summed E-state index contributed by atoms with van der Waals surface area (Å²) >= 11 is 2.48. The zero-order chi connectivity index (χ0) is 19.6. The molecule has 0 saturated carbocycles. The summed E-state index contributed by atoms with van der Waals surface area (Å²) in [4.78, 5) is 25.1. The number of amides is 1. The lowest BCUT2D eigenvalue weighted by molar-refractivity contribution is -0.113. The zero-order valence-electron chi connectivity index (χ0n) is 15.3. The van der Waals surface area contributed by atoms with Crippen molar-refractivity contribution in [3.05, 3.63) is 40.3 Å². The number of ether oxygens (including phenoxy) is 1. The van der Waals surface area contributed by atoms with Gasteiger partial charge in [-0.05, 0) is 24.3 Å². The Morgan fingerprint density at radius 2 is 1.96 bits per heavy atom. The fraction of sp³-hybridized carbons (Fsp3) is 0.353. The van der Waals surface area contributed by atoms with Gasteiger partial charge in [-0.15, -0.1) is 15.3 Å². The molecule has 3 rings (SSSR count). The van der Waals surface area contributed by atoms with Gasteiger partial charge in [0.15, 0.2) is 4.34 Å². The number of thioether (sulfide) groups is 1. The van der Waals surface area contributed by atoms with Crippen molar-refractivity contribution in [3.63, 3.8) is 0 Å². The van der Waals surface area contributed by atoms with Crippen molar-refractivity contribution in [1.29, 1.82) is 0 Å². The Morgan fingerprint density at radius 1 is 1.26 bits per heavy atom. The zero-order valence-corrected chi connectivity index (χ0v) is 17.0. The molecule has 27 heavy (non-hydrogen) atoms. The summed E-state index contributed by atoms with van der Waals surface area (Å²) in [6, 6.07) is 7.08. The predicted molar refractivity (Wildman–Crippen MR) is 106 cm³/mol. The van der Waals surface area contributed by atoms with Crippen LogP contribution in [0.3, 0.4) is 0 Å². The van der Waals surface area contributed by atoms with Crippen LogP contribution in [0.2, 0.25) is 0 Å². The molecule has 10 heteroatoms. The van der Waals surface area contributed by atoms with Gasteiger partial charge < -0.3 is 10.1 Å². The van der Waals surface area contributed by atoms with Crippen molar-refractivity contribution < 1.29 is 9.53 Å². The van der Waals surface area contributed by atoms with Crippen molar-refractivity contribution in [2.24, 2.45) is 0 Å². The van der Waals surface area contributed by atoms with Crippen molar-refractivity contribution in [1.82, 2.24) is 19.8 Å². The van der Waals surface area contributed by atoms with Crippen LogP contribution in [0.4, 0.5) is 5.69 Å². The van der Waals surface area contributed by atoms with Crippen molar-refractivity contribution in [3.8, 4) is 5.75 Å². The Kier molecular flexibility index (Phi) is 5.47. The molecule has 0 spiro atoms. The van der Waals surface area contributed by atoms with E-state index in [1.165, 1.54) is 27.6 Å². The Balaban J connectivity index is 1.68. The molecular weight excluding hydrogens is 386 g/mol. The second-order valence-electron chi connectivity index (χ2n) is 6.73. The molecule has 0 aliphatic rings. The number of carbonyl (C=O) groups excluding carboxylic acids is 1. The lowest BCUT2D eigenvalue weighted by Gasteiger charge is -2.14. The molecule has 0 saturated heterocycles. The van der Waals surface area contributed by atoms with E-state index in [4.69, 9.17) is 4.74 Å². The number of anilines is 1. The standard InChI is InChI=1S/C17H19N5O3S2/c1-17(2,3)13-14(24)22-15(20-19-13)27-16(21-22)26-9-12(23)18-10-5-7-11(25-4)8-6-10/h5-8H,9H2,1-4H3,(H,18,23). The Hall–Kier alpha value is -2.46. The molecule has 2 aromatic heterocycles. The summed E-state index contributed by atoms with van der Waals surface area (Å²) in [6.07, 6.45) is 0. The Morgan fingerprint density at radius 3 is 2.59 bits per heavy atom. The maximum absolute atomic E-state index is 12.5. The molecule has 142 valence electrons. The van der Waals surface area contributed by atoms with Gasteiger partial charge >= 0.3 is 0 Å². The monoisotopic (exact) mass is 405 g/mol. The van der Waals surface area contributed by atoms with Crippen molar-refractivity contribution in [2.75, 3.05) is 18.2 Å². The highest BCUT2D eigenvalue weighted by atomic mass is 32.2. The molecule has 0 atom stereocenters. The molecule has 0 unspecified atom stereocenters. The average molecular weight is 406 g/mol. The fourth-order valence-corrected chi connectivity index (χ4v) is 3.90. The van der Waals surface area contributed by atoms with Crippen LogP contribution in [-0.4, -0.2) is 38.6 Å². The van der Waals surface area contributed by atoms with Crippen LogP contribution >= 0.6 is 23.1 Å². The van der Waals surface area contributed by atoms with Crippen LogP contribution < -0.4 is 15.6 Å². The molecule has 0 aliphatic heterocycles. The number of rotatable bonds is 5. The van der Waals surface area contributed by atoms with Gasteiger partial charge in [-0.2, -0.15) is 4.52 Å². The number of hydrogen-bond acceptors (Lipinski definition) is 8. The van der Waals surface area contributed by atoms with Gasteiger partial charge in [-0.1, -0.05) is 43.9 Å². The third-order valence-electron chi connectivity index (χ3n) is 3.58. The van der Waals surface area contributed by atoms with Crippen LogP contribution in [0.15, 0.2) is 33.4 Å². The van der Waals surface area contributed by atoms with Crippen LogP contribution in [0.1, 0.15) is 26.5 Å². The van der Waals surface area contributed by atoms with Crippen molar-refractivity contribution >= 4 is 39.7 Å². The van der Waals surface area contributed by atoms with E-state index in [0.29, 0.717) is 20.7 Å². The lowest BCUT2D eigenvalue weighted by atomic mass is 9.93. The number of nitrogens with zero attached hydrogens (tertiary/aromatic N) is 4. The predicted octanol–water partition coefficient (Wildman–Crippen LogP) is 2.58. The van der Waals surface area contributed by atoms with Crippen LogP contribution in [-0.2, 0) is 10.2 Å². The largest absolute Gasteiger partial charge is 0.497 e. The molecule has 1 amide bonds. The smallest absolute Gasteiger partial charge is 0.297 e. The van der Waals surface area contributed by atoms with Gasteiger partial charge in [0.25, 0.3) is 5.56 Å². The molecule has 0 radical (unpaired) electrons. The highest BCUT2D eigenvalue weighted by Gasteiger charge is 2.23. The normalized spacial score (nSPS) is 11.6. The summed E-state index contributed by atoms with van der Waals surface area (Å²) in [5.74, 6) is 0.719. The number of benzene rings is 1. The summed E-state index contributed by atoms with van der Waals surface area (Å²) in [5.41, 5.74) is 0.348. The summed E-state index contributed by atoms with van der Waals surface area (Å²) in [6.45, 7) is 5.70. The third-order valence-corrected chi connectivity index (χ3v) is 5.61. The highest BCUT2D eigenvalue weighted by molar-refractivity contribution is 8.01. The first-order valence-corrected chi connectivity index (χ1v) is 9.92. The maximum Gasteiger partial charge on any atom is 0.297 e. The Labute approximate surface area is 164 Å². The number of fused-ring (bicyclic) bond motifs is 1. The molecule has 2 heterocycles. The fourth-order valence-electron chi connectivity index (χ4n) is 2.22. The molecule has 8 nitrogen and oxygen atoms in total. The first-order chi connectivity index (χ1) is 12.8. The van der Waals surface area contributed by atoms with Crippen molar-refractivity contribution in [2.45, 2.75) is 30.5 Å². The van der Waals surface area contributed by atoms with E-state index in [2.05, 4.69) is 20.6 Å². The van der Waals surface area contributed by atoms with E-state index in [9.17, 15) is 9.59 Å². The highest BCUT2D eigenvalue weighted by Crippen LogP contribution is 2.24. The minimum absolute atomic E-state index is 0.167. The van der Waals surface area contributed by atoms with Gasteiger partial charge in [-0.3, -0.25) is 9.59 Å². The second kappa shape index (κ2) is 7.65.